The van der Waals surface area contributed by atoms with Crippen molar-refractivity contribution in [2.24, 2.45) is 0 Å². The standard InChI is InChI=1S/C16H13Cl2N3S/c17-11-5-3-10(4-6-11)12-9-22-15-13(12)14(19-16(18)20-15)21-7-1-2-8-21/h3-6,9H,1-2,7-8H2. The van der Waals surface area contributed by atoms with E-state index in [1.54, 1.807) is 11.3 Å². The quantitative estimate of drug-likeness (QED) is 0.590. The third kappa shape index (κ3) is 2.45. The molecule has 0 N–H and O–H groups in total. The SMILES string of the molecule is Clc1ccc(-c2csc3nc(Cl)nc(N4CCCC4)c23)cc1. The number of nitrogens with zero attached hydrogens (tertiary/aromatic N) is 3. The first-order valence-corrected chi connectivity index (χ1v) is 8.81. The van der Waals surface area contributed by atoms with Crippen molar-refractivity contribution < 1.29 is 0 Å². The number of aromatic nitrogens is 2. The summed E-state index contributed by atoms with van der Waals surface area (Å²) in [6, 6.07) is 7.89. The van der Waals surface area contributed by atoms with Crippen molar-refractivity contribution in [3.05, 3.63) is 40.0 Å². The monoisotopic (exact) mass is 349 g/mol. The minimum absolute atomic E-state index is 0.318. The molecule has 0 amide bonds. The van der Waals surface area contributed by atoms with Crippen LogP contribution >= 0.6 is 34.5 Å². The number of thiophene rings is 1. The van der Waals surface area contributed by atoms with Crippen LogP contribution in [0.2, 0.25) is 10.3 Å². The molecular formula is C16H13Cl2N3S. The summed E-state index contributed by atoms with van der Waals surface area (Å²) in [7, 11) is 0. The highest BCUT2D eigenvalue weighted by Crippen LogP contribution is 2.39. The van der Waals surface area contributed by atoms with E-state index in [2.05, 4.69) is 20.2 Å². The molecular weight excluding hydrogens is 337 g/mol. The summed E-state index contributed by atoms with van der Waals surface area (Å²) in [5.41, 5.74) is 2.28. The van der Waals surface area contributed by atoms with Crippen LogP contribution in [0.5, 0.6) is 0 Å². The Morgan fingerprint density at radius 1 is 1.00 bits per heavy atom. The Balaban J connectivity index is 1.94. The Hall–Kier alpha value is -1.36. The minimum atomic E-state index is 0.318. The summed E-state index contributed by atoms with van der Waals surface area (Å²) in [6.07, 6.45) is 2.40. The maximum absolute atomic E-state index is 6.12. The number of anilines is 1. The van der Waals surface area contributed by atoms with Gasteiger partial charge in [-0.15, -0.1) is 11.3 Å². The zero-order valence-electron chi connectivity index (χ0n) is 11.7. The molecule has 2 aromatic heterocycles. The molecule has 3 aromatic rings. The van der Waals surface area contributed by atoms with Gasteiger partial charge in [0.25, 0.3) is 0 Å². The lowest BCUT2D eigenvalue weighted by Crippen LogP contribution is -2.19. The van der Waals surface area contributed by atoms with Crippen LogP contribution in [0, 0.1) is 0 Å². The number of fused-ring (bicyclic) bond motifs is 1. The third-order valence-corrected chi connectivity index (χ3v) is 5.24. The summed E-state index contributed by atoms with van der Waals surface area (Å²) in [4.78, 5) is 12.2. The first kappa shape index (κ1) is 14.2. The normalized spacial score (nSPS) is 14.9. The molecule has 112 valence electrons. The van der Waals surface area contributed by atoms with Gasteiger partial charge in [0.2, 0.25) is 5.28 Å². The van der Waals surface area contributed by atoms with Crippen molar-refractivity contribution in [2.75, 3.05) is 18.0 Å². The van der Waals surface area contributed by atoms with Gasteiger partial charge in [-0.25, -0.2) is 4.98 Å². The van der Waals surface area contributed by atoms with Crippen molar-refractivity contribution in [3.8, 4) is 11.1 Å². The van der Waals surface area contributed by atoms with E-state index in [9.17, 15) is 0 Å². The minimum Gasteiger partial charge on any atom is -0.356 e. The second kappa shape index (κ2) is 5.69. The van der Waals surface area contributed by atoms with Crippen LogP contribution in [0.25, 0.3) is 21.3 Å². The van der Waals surface area contributed by atoms with E-state index in [0.717, 1.165) is 45.3 Å². The van der Waals surface area contributed by atoms with Crippen LogP contribution < -0.4 is 4.90 Å². The molecule has 3 heterocycles. The fourth-order valence-electron chi connectivity index (χ4n) is 2.90. The first-order valence-electron chi connectivity index (χ1n) is 7.18. The van der Waals surface area contributed by atoms with E-state index in [-0.39, 0.29) is 0 Å². The highest BCUT2D eigenvalue weighted by molar-refractivity contribution is 7.17. The van der Waals surface area contributed by atoms with Crippen LogP contribution in [0.15, 0.2) is 29.6 Å². The maximum Gasteiger partial charge on any atom is 0.225 e. The molecule has 0 saturated carbocycles. The second-order valence-corrected chi connectivity index (χ2v) is 6.98. The van der Waals surface area contributed by atoms with Gasteiger partial charge >= 0.3 is 0 Å². The molecule has 6 heteroatoms. The fourth-order valence-corrected chi connectivity index (χ4v) is 4.18. The van der Waals surface area contributed by atoms with Crippen molar-refractivity contribution in [1.82, 2.24) is 9.97 Å². The summed E-state index contributed by atoms with van der Waals surface area (Å²) in [5, 5.41) is 4.28. The highest BCUT2D eigenvalue weighted by Gasteiger charge is 2.21. The van der Waals surface area contributed by atoms with Crippen molar-refractivity contribution in [2.45, 2.75) is 12.8 Å². The average Bonchev–Trinajstić information content (AvgIpc) is 3.16. The van der Waals surface area contributed by atoms with Crippen molar-refractivity contribution in [1.29, 1.82) is 0 Å². The van der Waals surface area contributed by atoms with E-state index in [4.69, 9.17) is 23.2 Å². The summed E-state index contributed by atoms with van der Waals surface area (Å²) in [6.45, 7) is 2.05. The maximum atomic E-state index is 6.12. The smallest absolute Gasteiger partial charge is 0.225 e. The molecule has 1 aliphatic rings. The molecule has 0 spiro atoms. The van der Waals surface area contributed by atoms with Crippen LogP contribution in [0.3, 0.4) is 0 Å². The molecule has 22 heavy (non-hydrogen) atoms. The number of hydrogen-bond acceptors (Lipinski definition) is 4. The average molecular weight is 350 g/mol. The summed E-state index contributed by atoms with van der Waals surface area (Å²) < 4.78 is 0. The van der Waals surface area contributed by atoms with Crippen molar-refractivity contribution >= 4 is 50.6 Å². The zero-order chi connectivity index (χ0) is 15.1. The van der Waals surface area contributed by atoms with Gasteiger partial charge < -0.3 is 4.90 Å². The molecule has 1 aliphatic heterocycles. The lowest BCUT2D eigenvalue weighted by atomic mass is 10.1. The molecule has 0 unspecified atom stereocenters. The number of benzene rings is 1. The topological polar surface area (TPSA) is 29.0 Å². The van der Waals surface area contributed by atoms with Crippen LogP contribution in [-0.4, -0.2) is 23.1 Å². The first-order chi connectivity index (χ1) is 10.7. The summed E-state index contributed by atoms with van der Waals surface area (Å²) >= 11 is 13.7. The number of rotatable bonds is 2. The molecule has 1 fully saturated rings. The van der Waals surface area contributed by atoms with Crippen molar-refractivity contribution in [3.63, 3.8) is 0 Å². The lowest BCUT2D eigenvalue weighted by molar-refractivity contribution is 0.940. The molecule has 1 aromatic carbocycles. The van der Waals surface area contributed by atoms with Gasteiger partial charge in [-0.1, -0.05) is 23.7 Å². The molecule has 0 bridgehead atoms. The molecule has 3 nitrogen and oxygen atoms in total. The Morgan fingerprint density at radius 2 is 1.73 bits per heavy atom. The largest absolute Gasteiger partial charge is 0.356 e. The number of halogens is 2. The Morgan fingerprint density at radius 3 is 2.45 bits per heavy atom. The Bertz CT molecular complexity index is 823. The van der Waals surface area contributed by atoms with Gasteiger partial charge in [-0.05, 0) is 42.1 Å². The van der Waals surface area contributed by atoms with E-state index in [0.29, 0.717) is 5.28 Å². The molecule has 0 atom stereocenters. The van der Waals surface area contributed by atoms with Gasteiger partial charge in [0.15, 0.2) is 0 Å². The van der Waals surface area contributed by atoms with Gasteiger partial charge in [0.05, 0.1) is 5.39 Å². The van der Waals surface area contributed by atoms with E-state index in [1.165, 1.54) is 12.8 Å². The second-order valence-electron chi connectivity index (χ2n) is 5.35. The zero-order valence-corrected chi connectivity index (χ0v) is 14.0. The predicted octanol–water partition coefficient (Wildman–Crippen LogP) is 5.27. The van der Waals surface area contributed by atoms with Gasteiger partial charge in [0, 0.05) is 29.1 Å². The van der Waals surface area contributed by atoms with Gasteiger partial charge in [-0.2, -0.15) is 4.98 Å². The highest BCUT2D eigenvalue weighted by atomic mass is 35.5. The van der Waals surface area contributed by atoms with Crippen LogP contribution in [-0.2, 0) is 0 Å². The fraction of sp³-hybridized carbons (Fsp3) is 0.250. The van der Waals surface area contributed by atoms with Crippen LogP contribution in [0.1, 0.15) is 12.8 Å². The molecule has 0 radical (unpaired) electrons. The molecule has 4 rings (SSSR count). The van der Waals surface area contributed by atoms with Crippen LogP contribution in [0.4, 0.5) is 5.82 Å². The third-order valence-electron chi connectivity index (χ3n) is 3.95. The molecule has 0 aliphatic carbocycles. The van der Waals surface area contributed by atoms with E-state index < -0.39 is 0 Å². The number of hydrogen-bond donors (Lipinski definition) is 0. The van der Waals surface area contributed by atoms with E-state index in [1.807, 2.05) is 24.3 Å². The predicted molar refractivity (Wildman–Crippen MR) is 94.3 cm³/mol. The van der Waals surface area contributed by atoms with Gasteiger partial charge in [-0.3, -0.25) is 0 Å². The lowest BCUT2D eigenvalue weighted by Gasteiger charge is -2.18. The summed E-state index contributed by atoms with van der Waals surface area (Å²) in [5.74, 6) is 0.957. The van der Waals surface area contributed by atoms with E-state index >= 15 is 0 Å². The Labute approximate surface area is 142 Å². The van der Waals surface area contributed by atoms with Gasteiger partial charge in [0.1, 0.15) is 10.6 Å². The molecule has 1 saturated heterocycles. The Kier molecular flexibility index (Phi) is 3.68.